The Morgan fingerprint density at radius 2 is 1.67 bits per heavy atom. The molecule has 0 saturated carbocycles. The number of amides is 2. The third-order valence-corrected chi connectivity index (χ3v) is 10.3. The number of hydrogen-bond acceptors (Lipinski definition) is 7. The second-order valence-electron chi connectivity index (χ2n) is 15.0. The molecule has 320 valence electrons. The van der Waals surface area contributed by atoms with Gasteiger partial charge in [0.25, 0.3) is 0 Å². The molecule has 2 aromatic carbocycles. The van der Waals surface area contributed by atoms with Crippen molar-refractivity contribution in [2.45, 2.75) is 77.4 Å². The standard InChI is InChI=1S/C38H50F3N5O4S.C2HF3O2/c1-38(2,3)36(33-16-26(29-17-28(39)13-14-30(29)40)21-45(33)20-25-10-6-4-7-11-25)46(22-27-18-43-19-31(27)41)35(48)24-51-23-32(37(49)50)44-34(47)12-8-5-9-15-42;3-2(4,5)1(6)7/h4,6-7,10-11,13-14,16-17,21,27,31-32,36,43H,5,8-9,12,15,18-20,22-24,42H2,1-3H3,(H,44,47)(H,49,50);(H,6,7)/t27-,31-,32?,36?;/m0./s1. The van der Waals surface area contributed by atoms with Crippen LogP contribution >= 0.6 is 11.8 Å². The summed E-state index contributed by atoms with van der Waals surface area (Å²) in [5, 5.41) is 22.6. The number of nitrogens with one attached hydrogen (secondary N) is 2. The summed E-state index contributed by atoms with van der Waals surface area (Å²) < 4.78 is 78.3. The van der Waals surface area contributed by atoms with Crippen molar-refractivity contribution in [2.75, 3.05) is 37.7 Å². The van der Waals surface area contributed by atoms with Crippen LogP contribution < -0.4 is 16.4 Å². The molecule has 11 nitrogen and oxygen atoms in total. The van der Waals surface area contributed by atoms with E-state index in [-0.39, 0.29) is 48.4 Å². The van der Waals surface area contributed by atoms with Gasteiger partial charge in [0.2, 0.25) is 11.8 Å². The molecule has 18 heteroatoms. The van der Waals surface area contributed by atoms with Crippen molar-refractivity contribution in [3.05, 3.63) is 83.7 Å². The number of halogens is 6. The van der Waals surface area contributed by atoms with Crippen molar-refractivity contribution in [2.24, 2.45) is 17.1 Å². The van der Waals surface area contributed by atoms with Gasteiger partial charge in [0.15, 0.2) is 0 Å². The third kappa shape index (κ3) is 14.7. The van der Waals surface area contributed by atoms with E-state index in [1.807, 2.05) is 55.7 Å². The topological polar surface area (TPSA) is 167 Å². The molecule has 1 saturated heterocycles. The highest BCUT2D eigenvalue weighted by Crippen LogP contribution is 2.42. The summed E-state index contributed by atoms with van der Waals surface area (Å²) in [6, 6.07) is 12.8. The number of alkyl halides is 4. The number of carboxylic acid groups (broad SMARTS) is 2. The summed E-state index contributed by atoms with van der Waals surface area (Å²) in [6.45, 7) is 7.42. The number of carbonyl (C=O) groups excluding carboxylic acids is 2. The minimum Gasteiger partial charge on any atom is -0.480 e. The fourth-order valence-electron chi connectivity index (χ4n) is 6.49. The Kier molecular flexibility index (Phi) is 18.1. The van der Waals surface area contributed by atoms with Crippen LogP contribution in [0.2, 0.25) is 0 Å². The van der Waals surface area contributed by atoms with Crippen molar-refractivity contribution in [1.82, 2.24) is 20.1 Å². The van der Waals surface area contributed by atoms with Gasteiger partial charge in [-0.1, -0.05) is 57.5 Å². The van der Waals surface area contributed by atoms with Crippen molar-refractivity contribution >= 4 is 35.5 Å². The van der Waals surface area contributed by atoms with Crippen LogP contribution in [-0.4, -0.2) is 99.5 Å². The van der Waals surface area contributed by atoms with Gasteiger partial charge in [-0.3, -0.25) is 9.59 Å². The van der Waals surface area contributed by atoms with E-state index in [9.17, 15) is 37.1 Å². The Labute approximate surface area is 337 Å². The van der Waals surface area contributed by atoms with Crippen LogP contribution in [-0.2, 0) is 25.7 Å². The van der Waals surface area contributed by atoms with Crippen molar-refractivity contribution in [3.8, 4) is 11.1 Å². The van der Waals surface area contributed by atoms with Gasteiger partial charge < -0.3 is 36.0 Å². The zero-order valence-corrected chi connectivity index (χ0v) is 33.4. The first-order chi connectivity index (χ1) is 27.2. The van der Waals surface area contributed by atoms with Crippen molar-refractivity contribution < 1.29 is 55.7 Å². The van der Waals surface area contributed by atoms with Crippen LogP contribution in [0.15, 0.2) is 60.8 Å². The predicted molar refractivity (Wildman–Crippen MR) is 209 cm³/mol. The normalized spacial score (nSPS) is 16.5. The molecule has 2 unspecified atom stereocenters. The maximum atomic E-state index is 15.1. The van der Waals surface area contributed by atoms with Gasteiger partial charge in [-0.2, -0.15) is 13.2 Å². The Morgan fingerprint density at radius 1 is 1.00 bits per heavy atom. The van der Waals surface area contributed by atoms with Crippen LogP contribution in [0, 0.1) is 23.0 Å². The van der Waals surface area contributed by atoms with Crippen LogP contribution in [0.1, 0.15) is 63.8 Å². The number of aromatic nitrogens is 1. The minimum atomic E-state index is -5.08. The highest BCUT2D eigenvalue weighted by Gasteiger charge is 2.41. The molecule has 2 heterocycles. The van der Waals surface area contributed by atoms with Crippen LogP contribution in [0.4, 0.5) is 26.3 Å². The molecule has 4 rings (SSSR count). The average Bonchev–Trinajstić information content (AvgIpc) is 3.74. The Bertz CT molecular complexity index is 1820. The molecular weight excluding hydrogens is 793 g/mol. The highest BCUT2D eigenvalue weighted by molar-refractivity contribution is 8.00. The second-order valence-corrected chi connectivity index (χ2v) is 16.0. The number of rotatable bonds is 18. The zero-order valence-electron chi connectivity index (χ0n) is 32.5. The number of hydrogen-bond donors (Lipinski definition) is 5. The van der Waals surface area contributed by atoms with Gasteiger partial charge in [0.1, 0.15) is 23.8 Å². The van der Waals surface area contributed by atoms with Gasteiger partial charge in [0.05, 0.1) is 11.8 Å². The zero-order chi connectivity index (χ0) is 43.2. The summed E-state index contributed by atoms with van der Waals surface area (Å²) in [5.41, 5.74) is 7.01. The minimum absolute atomic E-state index is 0.0479. The molecule has 1 aliphatic heterocycles. The highest BCUT2D eigenvalue weighted by atomic mass is 32.2. The number of nitrogens with zero attached hydrogens (tertiary/aromatic N) is 2. The Balaban J connectivity index is 0.00000117. The number of carboxylic acids is 2. The number of benzene rings is 2. The van der Waals surface area contributed by atoms with E-state index in [0.29, 0.717) is 37.3 Å². The monoisotopic (exact) mass is 843 g/mol. The molecule has 0 bridgehead atoms. The van der Waals surface area contributed by atoms with Gasteiger partial charge in [0, 0.05) is 67.3 Å². The number of carbonyl (C=O) groups is 4. The second kappa shape index (κ2) is 22.0. The van der Waals surface area contributed by atoms with Crippen molar-refractivity contribution in [3.63, 3.8) is 0 Å². The fraction of sp³-hybridized carbons (Fsp3) is 0.500. The lowest BCUT2D eigenvalue weighted by Gasteiger charge is -2.42. The first kappa shape index (κ1) is 47.8. The van der Waals surface area contributed by atoms with Crippen LogP contribution in [0.25, 0.3) is 11.1 Å². The van der Waals surface area contributed by atoms with Crippen LogP contribution in [0.3, 0.4) is 0 Å². The molecular formula is C40H51F6N5O6S. The lowest BCUT2D eigenvalue weighted by molar-refractivity contribution is -0.192. The maximum absolute atomic E-state index is 15.1. The van der Waals surface area contributed by atoms with E-state index >= 15 is 8.78 Å². The summed E-state index contributed by atoms with van der Waals surface area (Å²) in [4.78, 5) is 49.3. The predicted octanol–water partition coefficient (Wildman–Crippen LogP) is 6.41. The summed E-state index contributed by atoms with van der Waals surface area (Å²) in [6.07, 6.45) is -2.20. The Morgan fingerprint density at radius 3 is 2.24 bits per heavy atom. The number of unbranched alkanes of at least 4 members (excludes halogenated alkanes) is 2. The van der Waals surface area contributed by atoms with Gasteiger partial charge >= 0.3 is 18.1 Å². The number of aliphatic carboxylic acids is 2. The molecule has 1 aromatic heterocycles. The molecule has 2 amide bonds. The first-order valence-electron chi connectivity index (χ1n) is 18.7. The van der Waals surface area contributed by atoms with Crippen molar-refractivity contribution in [1.29, 1.82) is 0 Å². The lowest BCUT2D eigenvalue weighted by Crippen LogP contribution is -2.47. The van der Waals surface area contributed by atoms with E-state index in [4.69, 9.17) is 15.6 Å². The first-order valence-corrected chi connectivity index (χ1v) is 19.8. The third-order valence-electron chi connectivity index (χ3n) is 9.28. The largest absolute Gasteiger partial charge is 0.490 e. The maximum Gasteiger partial charge on any atom is 0.490 e. The van der Waals surface area contributed by atoms with E-state index in [1.54, 1.807) is 17.2 Å². The summed E-state index contributed by atoms with van der Waals surface area (Å²) in [5.74, 6) is -6.52. The molecule has 1 aliphatic rings. The van der Waals surface area contributed by atoms with E-state index in [0.717, 1.165) is 48.4 Å². The molecule has 0 spiro atoms. The van der Waals surface area contributed by atoms with E-state index in [1.165, 1.54) is 0 Å². The number of thioether (sulfide) groups is 1. The summed E-state index contributed by atoms with van der Waals surface area (Å²) >= 11 is 1.08. The van der Waals surface area contributed by atoms with Gasteiger partial charge in [-0.05, 0) is 54.6 Å². The Hall–Kier alpha value is -4.55. The molecule has 4 atom stereocenters. The van der Waals surface area contributed by atoms with E-state index < -0.39 is 59.3 Å². The molecule has 0 aliphatic carbocycles. The molecule has 3 aromatic rings. The van der Waals surface area contributed by atoms with Gasteiger partial charge in [-0.15, -0.1) is 11.8 Å². The molecule has 0 radical (unpaired) electrons. The average molecular weight is 844 g/mol. The molecule has 58 heavy (non-hydrogen) atoms. The van der Waals surface area contributed by atoms with Gasteiger partial charge in [-0.25, -0.2) is 22.8 Å². The fourth-order valence-corrected chi connectivity index (χ4v) is 7.41. The molecule has 6 N–H and O–H groups in total. The number of nitrogens with two attached hydrogens (primary N) is 1. The summed E-state index contributed by atoms with van der Waals surface area (Å²) in [7, 11) is 0. The quantitative estimate of drug-likeness (QED) is 0.0719. The van der Waals surface area contributed by atoms with Crippen LogP contribution in [0.5, 0.6) is 0 Å². The lowest BCUT2D eigenvalue weighted by atomic mass is 9.82. The smallest absolute Gasteiger partial charge is 0.480 e. The molecule has 1 fully saturated rings. The van der Waals surface area contributed by atoms with E-state index in [2.05, 4.69) is 10.6 Å². The SMILES string of the molecule is CC(C)(C)C(c1cc(-c2cc(F)ccc2F)cn1Cc1ccccc1)N(C[C@@H]1CNC[C@@H]1F)C(=O)CSCC(NC(=O)CCCCCN)C(=O)O.O=C(O)C(F)(F)F.